The van der Waals surface area contributed by atoms with Crippen LogP contribution in [-0.4, -0.2) is 25.1 Å². The molecule has 0 bridgehead atoms. The Morgan fingerprint density at radius 1 is 1.13 bits per heavy atom. The van der Waals surface area contributed by atoms with Crippen LogP contribution in [0.25, 0.3) is 16.3 Å². The number of carbonyl (C=O) groups is 1. The van der Waals surface area contributed by atoms with Crippen molar-refractivity contribution in [3.05, 3.63) is 77.2 Å². The maximum absolute atomic E-state index is 13.2. The number of furan rings is 1. The zero-order valence-corrected chi connectivity index (χ0v) is 18.4. The highest BCUT2D eigenvalue weighted by molar-refractivity contribution is 7.22. The standard InChI is InChI=1S/C23H19ClN2O4S/c1-28-18-10-11-19(29-2)22-21(18)25-23(31-22)26(14-16-7-5-13-30-16)20(27)12-9-15-6-3-4-8-17(15)24/h3-13H,14H2,1-2H3/b12-9+. The van der Waals surface area contributed by atoms with Crippen LogP contribution in [0.4, 0.5) is 5.13 Å². The Kier molecular flexibility index (Phi) is 6.25. The lowest BCUT2D eigenvalue weighted by Gasteiger charge is -2.16. The van der Waals surface area contributed by atoms with Gasteiger partial charge in [-0.2, -0.15) is 0 Å². The summed E-state index contributed by atoms with van der Waals surface area (Å²) in [6.07, 6.45) is 4.74. The van der Waals surface area contributed by atoms with Crippen LogP contribution in [0, 0.1) is 0 Å². The Balaban J connectivity index is 1.74. The van der Waals surface area contributed by atoms with Gasteiger partial charge in [0.2, 0.25) is 0 Å². The molecule has 8 heteroatoms. The summed E-state index contributed by atoms with van der Waals surface area (Å²) in [6.45, 7) is 0.225. The highest BCUT2D eigenvalue weighted by Crippen LogP contribution is 2.40. The van der Waals surface area contributed by atoms with Crippen molar-refractivity contribution in [3.8, 4) is 11.5 Å². The van der Waals surface area contributed by atoms with Gasteiger partial charge in [-0.1, -0.05) is 41.1 Å². The Morgan fingerprint density at radius 3 is 2.61 bits per heavy atom. The average Bonchev–Trinajstić information content (AvgIpc) is 3.46. The van der Waals surface area contributed by atoms with Gasteiger partial charge in [-0.25, -0.2) is 4.98 Å². The number of rotatable bonds is 7. The molecule has 0 atom stereocenters. The number of amides is 1. The van der Waals surface area contributed by atoms with Gasteiger partial charge in [-0.15, -0.1) is 0 Å². The van der Waals surface area contributed by atoms with Crippen LogP contribution in [-0.2, 0) is 11.3 Å². The molecule has 6 nitrogen and oxygen atoms in total. The summed E-state index contributed by atoms with van der Waals surface area (Å²) in [5.41, 5.74) is 1.39. The number of halogens is 1. The van der Waals surface area contributed by atoms with Gasteiger partial charge < -0.3 is 13.9 Å². The Labute approximate surface area is 188 Å². The Bertz CT molecular complexity index is 1190. The molecule has 0 saturated carbocycles. The molecular weight excluding hydrogens is 436 g/mol. The molecule has 2 aromatic heterocycles. The number of anilines is 1. The fraction of sp³-hybridized carbons (Fsp3) is 0.130. The normalized spacial score (nSPS) is 11.2. The first-order valence-corrected chi connectivity index (χ1v) is 10.6. The van der Waals surface area contributed by atoms with Gasteiger partial charge in [-0.05, 0) is 42.0 Å². The third-order valence-electron chi connectivity index (χ3n) is 4.60. The van der Waals surface area contributed by atoms with Crippen molar-refractivity contribution >= 4 is 50.3 Å². The molecule has 4 rings (SSSR count). The lowest BCUT2D eigenvalue weighted by atomic mass is 10.2. The van der Waals surface area contributed by atoms with Gasteiger partial charge >= 0.3 is 0 Å². The monoisotopic (exact) mass is 454 g/mol. The van der Waals surface area contributed by atoms with E-state index >= 15 is 0 Å². The summed E-state index contributed by atoms with van der Waals surface area (Å²) in [5, 5.41) is 1.07. The van der Waals surface area contributed by atoms with E-state index in [9.17, 15) is 4.79 Å². The molecule has 4 aromatic rings. The van der Waals surface area contributed by atoms with E-state index < -0.39 is 0 Å². The molecule has 0 N–H and O–H groups in total. The topological polar surface area (TPSA) is 64.8 Å². The first-order chi connectivity index (χ1) is 15.1. The minimum Gasteiger partial charge on any atom is -0.495 e. The second kappa shape index (κ2) is 9.24. The van der Waals surface area contributed by atoms with E-state index in [2.05, 4.69) is 4.98 Å². The average molecular weight is 455 g/mol. The van der Waals surface area contributed by atoms with E-state index in [-0.39, 0.29) is 12.5 Å². The first kappa shape index (κ1) is 21.0. The smallest absolute Gasteiger partial charge is 0.253 e. The van der Waals surface area contributed by atoms with Crippen molar-refractivity contribution in [1.29, 1.82) is 0 Å². The molecule has 2 heterocycles. The second-order valence-corrected chi connectivity index (χ2v) is 7.89. The van der Waals surface area contributed by atoms with Gasteiger partial charge in [0.05, 0.1) is 27.0 Å². The van der Waals surface area contributed by atoms with E-state index in [1.165, 1.54) is 17.4 Å². The number of methoxy groups -OCH3 is 2. The zero-order valence-electron chi connectivity index (χ0n) is 16.9. The molecule has 0 spiro atoms. The second-order valence-electron chi connectivity index (χ2n) is 6.50. The number of nitrogens with zero attached hydrogens (tertiary/aromatic N) is 2. The predicted octanol–water partition coefficient (Wildman–Crippen LogP) is 5.81. The molecule has 31 heavy (non-hydrogen) atoms. The molecule has 0 saturated heterocycles. The van der Waals surface area contributed by atoms with Crippen molar-refractivity contribution in [3.63, 3.8) is 0 Å². The lowest BCUT2D eigenvalue weighted by molar-refractivity contribution is -0.114. The number of ether oxygens (including phenoxy) is 2. The molecule has 0 aliphatic heterocycles. The minimum absolute atomic E-state index is 0.225. The molecule has 0 unspecified atom stereocenters. The molecule has 0 aliphatic rings. The van der Waals surface area contributed by atoms with E-state index in [1.54, 1.807) is 49.7 Å². The van der Waals surface area contributed by atoms with Gasteiger partial charge in [0.1, 0.15) is 27.5 Å². The fourth-order valence-corrected chi connectivity index (χ4v) is 4.33. The van der Waals surface area contributed by atoms with Crippen molar-refractivity contribution in [2.45, 2.75) is 6.54 Å². The van der Waals surface area contributed by atoms with Crippen LogP contribution >= 0.6 is 22.9 Å². The first-order valence-electron chi connectivity index (χ1n) is 9.38. The lowest BCUT2D eigenvalue weighted by Crippen LogP contribution is -2.28. The Morgan fingerprint density at radius 2 is 1.90 bits per heavy atom. The fourth-order valence-electron chi connectivity index (χ4n) is 3.05. The number of benzene rings is 2. The number of hydrogen-bond donors (Lipinski definition) is 0. The summed E-state index contributed by atoms with van der Waals surface area (Å²) >= 11 is 7.56. The van der Waals surface area contributed by atoms with Crippen LogP contribution in [0.15, 0.2) is 65.3 Å². The molecule has 0 aliphatic carbocycles. The molecular formula is C23H19ClN2O4S. The Hall–Kier alpha value is -3.29. The van der Waals surface area contributed by atoms with Crippen molar-refractivity contribution in [2.75, 3.05) is 19.1 Å². The molecule has 2 aromatic carbocycles. The molecule has 0 fully saturated rings. The summed E-state index contributed by atoms with van der Waals surface area (Å²) in [5.74, 6) is 1.65. The summed E-state index contributed by atoms with van der Waals surface area (Å²) in [7, 11) is 3.18. The zero-order chi connectivity index (χ0) is 21.8. The van der Waals surface area contributed by atoms with Crippen LogP contribution in [0.2, 0.25) is 5.02 Å². The SMILES string of the molecule is COc1ccc(OC)c2sc(N(Cc3ccco3)C(=O)/C=C/c3ccccc3Cl)nc12. The van der Waals surface area contributed by atoms with Crippen LogP contribution in [0.1, 0.15) is 11.3 Å². The number of fused-ring (bicyclic) bond motifs is 1. The quantitative estimate of drug-likeness (QED) is 0.330. The molecule has 0 radical (unpaired) electrons. The predicted molar refractivity (Wildman–Crippen MR) is 123 cm³/mol. The van der Waals surface area contributed by atoms with E-state index in [0.717, 1.165) is 10.3 Å². The van der Waals surface area contributed by atoms with Crippen LogP contribution < -0.4 is 14.4 Å². The third-order valence-corrected chi connectivity index (χ3v) is 6.04. The highest BCUT2D eigenvalue weighted by Gasteiger charge is 2.22. The number of aromatic nitrogens is 1. The maximum Gasteiger partial charge on any atom is 0.253 e. The third kappa shape index (κ3) is 4.42. The maximum atomic E-state index is 13.2. The highest BCUT2D eigenvalue weighted by atomic mass is 35.5. The number of carbonyl (C=O) groups excluding carboxylic acids is 1. The van der Waals surface area contributed by atoms with Crippen molar-refractivity contribution in [1.82, 2.24) is 4.98 Å². The van der Waals surface area contributed by atoms with Gasteiger partial charge in [-0.3, -0.25) is 9.69 Å². The minimum atomic E-state index is -0.256. The van der Waals surface area contributed by atoms with E-state index in [1.807, 2.05) is 30.3 Å². The van der Waals surface area contributed by atoms with Gasteiger partial charge in [0.25, 0.3) is 5.91 Å². The van der Waals surface area contributed by atoms with Crippen LogP contribution in [0.3, 0.4) is 0 Å². The molecule has 1 amide bonds. The number of hydrogen-bond acceptors (Lipinski definition) is 6. The van der Waals surface area contributed by atoms with Gasteiger partial charge in [0, 0.05) is 11.1 Å². The number of thiazole rings is 1. The van der Waals surface area contributed by atoms with E-state index in [4.69, 9.17) is 25.5 Å². The summed E-state index contributed by atoms with van der Waals surface area (Å²) in [4.78, 5) is 19.4. The van der Waals surface area contributed by atoms with Gasteiger partial charge in [0.15, 0.2) is 5.13 Å². The summed E-state index contributed by atoms with van der Waals surface area (Å²) < 4.78 is 17.2. The summed E-state index contributed by atoms with van der Waals surface area (Å²) in [6, 6.07) is 14.5. The largest absolute Gasteiger partial charge is 0.495 e. The molecule has 158 valence electrons. The van der Waals surface area contributed by atoms with E-state index in [0.29, 0.717) is 32.9 Å². The van der Waals surface area contributed by atoms with Crippen molar-refractivity contribution in [2.24, 2.45) is 0 Å². The van der Waals surface area contributed by atoms with Crippen molar-refractivity contribution < 1.29 is 18.7 Å². The van der Waals surface area contributed by atoms with Crippen LogP contribution in [0.5, 0.6) is 11.5 Å².